The van der Waals surface area contributed by atoms with Crippen LogP contribution in [0.1, 0.15) is 0 Å². The minimum absolute atomic E-state index is 0. The van der Waals surface area contributed by atoms with Gasteiger partial charge < -0.3 is 32.9 Å². The van der Waals surface area contributed by atoms with E-state index in [9.17, 15) is 0 Å². The van der Waals surface area contributed by atoms with Crippen LogP contribution in [0.4, 0.5) is 0 Å². The molecule has 14 nitrogen and oxygen atoms in total. The molecule has 0 amide bonds. The molecule has 0 aliphatic heterocycles. The van der Waals surface area contributed by atoms with E-state index in [-0.39, 0.29) is 101 Å². The van der Waals surface area contributed by atoms with E-state index < -0.39 is 37.2 Å². The van der Waals surface area contributed by atoms with Gasteiger partial charge in [-0.3, -0.25) is 35.7 Å². The maximum Gasteiger partial charge on any atom is 3.00 e. The molecule has 22 heavy (non-hydrogen) atoms. The topological polar surface area (TPSA) is 308 Å². The summed E-state index contributed by atoms with van der Waals surface area (Å²) in [5.74, 6) is 0. The summed E-state index contributed by atoms with van der Waals surface area (Å²) in [5.41, 5.74) is 0. The molecule has 0 saturated carbocycles. The Labute approximate surface area is 173 Å². The minimum atomic E-state index is -1.42. The molecule has 0 aromatic heterocycles. The first-order valence-electron chi connectivity index (χ1n) is 1.63. The van der Waals surface area contributed by atoms with Crippen molar-refractivity contribution in [2.45, 2.75) is 0 Å². The van der Waals surface area contributed by atoms with Crippen molar-refractivity contribution in [3.63, 3.8) is 0 Å². The Bertz CT molecular complexity index is 161. The molecule has 0 rings (SSSR count). The summed E-state index contributed by atoms with van der Waals surface area (Å²) in [6.07, 6.45) is 0. The quantitative estimate of drug-likeness (QED) is 0.271. The second-order valence-electron chi connectivity index (χ2n) is 0.333. The fraction of sp³-hybridized carbons (Fsp3) is 0. The number of rotatable bonds is 0. The second-order valence-corrected chi connectivity index (χ2v) is 1.00. The summed E-state index contributed by atoms with van der Waals surface area (Å²) in [6, 6.07) is 0. The average molecular weight is 560 g/mol. The normalized spacial score (nSPS) is 1.45. The Balaban J connectivity index is -0.00000000281. The van der Waals surface area contributed by atoms with Gasteiger partial charge in [0.15, 0.2) is 0 Å². The van der Waals surface area contributed by atoms with Crippen molar-refractivity contribution >= 4 is 37.2 Å². The first-order valence-corrected chi connectivity index (χ1v) is 4.90. The molecule has 0 spiro atoms. The summed E-state index contributed by atoms with van der Waals surface area (Å²) in [6.45, 7) is 0. The molecule has 0 fully saturated rings. The van der Waals surface area contributed by atoms with Gasteiger partial charge in [-0.25, -0.2) is 0 Å². The van der Waals surface area contributed by atoms with Crippen LogP contribution in [-0.4, -0.2) is 37.2 Å². The predicted molar refractivity (Wildman–Crippen MR) is 32.6 cm³/mol. The number of hydrogen-bond donors (Lipinski definition) is 0. The van der Waals surface area contributed by atoms with E-state index in [2.05, 4.69) is 0 Å². The Morgan fingerprint density at radius 2 is 0.273 bits per heavy atom. The van der Waals surface area contributed by atoms with Crippen LogP contribution >= 0.6 is 0 Å². The van der Waals surface area contributed by atoms with Crippen LogP contribution in [0.25, 0.3) is 0 Å². The molecule has 22 heteroatoms. The predicted octanol–water partition coefficient (Wildman–Crippen LogP) is -3.20. The van der Waals surface area contributed by atoms with Crippen molar-refractivity contribution in [2.24, 2.45) is 0 Å². The molecule has 0 heterocycles. The summed E-state index contributed by atoms with van der Waals surface area (Å²) >= 11 is 0. The minimum Gasteiger partial charge on any atom is -2.00 e. The summed E-state index contributed by atoms with van der Waals surface area (Å²) in [7, 11) is -5.67. The average Bonchev–Trinajstić information content (AvgIpc) is 1.92. The molecule has 0 aromatic rings. The van der Waals surface area contributed by atoms with E-state index in [0.29, 0.717) is 0 Å². The standard InChI is InChI=1S/4Fe.4O2Si.6O/c;;;;4*1-3-2;;;;;;/q4*+3;;;;;6*-2. The largest absolute Gasteiger partial charge is 3.00 e. The van der Waals surface area contributed by atoms with Crippen LogP contribution in [0.15, 0.2) is 0 Å². The van der Waals surface area contributed by atoms with Crippen molar-refractivity contribution in [1.29, 1.82) is 0 Å². The summed E-state index contributed by atoms with van der Waals surface area (Å²) < 4.78 is 67.2. The van der Waals surface area contributed by atoms with E-state index in [1.807, 2.05) is 0 Å². The van der Waals surface area contributed by atoms with Gasteiger partial charge in [0.2, 0.25) is 0 Å². The second kappa shape index (κ2) is 378. The SMILES string of the molecule is O=[Si]=O.O=[Si]=O.O=[Si]=O.O=[Si]=O.[Fe+3].[Fe+3].[Fe+3].[Fe+3].[O-2].[O-2].[O-2].[O-2].[O-2].[O-2]. The van der Waals surface area contributed by atoms with Gasteiger partial charge in [-0.05, 0) is 0 Å². The van der Waals surface area contributed by atoms with Crippen molar-refractivity contribution in [3.05, 3.63) is 0 Å². The van der Waals surface area contributed by atoms with Crippen LogP contribution in [0.2, 0.25) is 0 Å². The zero-order chi connectivity index (χ0) is 10.8. The van der Waals surface area contributed by atoms with Gasteiger partial charge >= 0.3 is 105 Å². The van der Waals surface area contributed by atoms with E-state index >= 15 is 0 Å². The van der Waals surface area contributed by atoms with E-state index in [4.69, 9.17) is 35.7 Å². The molecule has 0 aliphatic rings. The fourth-order valence-electron chi connectivity index (χ4n) is 0. The van der Waals surface area contributed by atoms with Crippen molar-refractivity contribution in [1.82, 2.24) is 0 Å². The molecule has 0 N–H and O–H groups in total. The van der Waals surface area contributed by atoms with Gasteiger partial charge in [0.25, 0.3) is 0 Å². The van der Waals surface area contributed by atoms with Crippen LogP contribution in [0.3, 0.4) is 0 Å². The Kier molecular flexibility index (Phi) is 2340. The maximum atomic E-state index is 8.40. The molecule has 0 aliphatic carbocycles. The van der Waals surface area contributed by atoms with Crippen LogP contribution < -0.4 is 0 Å². The molecule has 0 unspecified atom stereocenters. The third-order valence-corrected chi connectivity index (χ3v) is 0. The molecule has 0 saturated heterocycles. The molecule has 0 bridgehead atoms. The van der Waals surface area contributed by atoms with E-state index in [1.165, 1.54) is 0 Å². The van der Waals surface area contributed by atoms with Crippen molar-refractivity contribution < 1.29 is 137 Å². The van der Waals surface area contributed by atoms with Gasteiger partial charge in [0.1, 0.15) is 0 Å². The van der Waals surface area contributed by atoms with Gasteiger partial charge in [-0.2, -0.15) is 0 Å². The molecule has 0 aromatic carbocycles. The summed E-state index contributed by atoms with van der Waals surface area (Å²) in [4.78, 5) is 0. The maximum absolute atomic E-state index is 8.40. The monoisotopic (exact) mass is 560 g/mol. The molecule has 4 radical (unpaired) electrons. The fourth-order valence-corrected chi connectivity index (χ4v) is 0. The van der Waals surface area contributed by atoms with Crippen molar-refractivity contribution in [3.8, 4) is 0 Å². The van der Waals surface area contributed by atoms with E-state index in [0.717, 1.165) is 0 Å². The molecular weight excluding hydrogens is 560 g/mol. The third-order valence-electron chi connectivity index (χ3n) is 0. The Hall–Kier alpha value is 1.11. The molecule has 0 atom stereocenters. The van der Waals surface area contributed by atoms with Gasteiger partial charge in [-0.15, -0.1) is 0 Å². The van der Waals surface area contributed by atoms with Crippen LogP contribution in [0, 0.1) is 0 Å². The summed E-state index contributed by atoms with van der Waals surface area (Å²) in [5, 5.41) is 0. The first kappa shape index (κ1) is 136. The molecular formula is Fe4O14Si4. The van der Waals surface area contributed by atoms with E-state index in [1.54, 1.807) is 0 Å². The first-order chi connectivity index (χ1) is 5.66. The zero-order valence-electron chi connectivity index (χ0n) is 9.13. The van der Waals surface area contributed by atoms with Crippen LogP contribution in [-0.2, 0) is 137 Å². The van der Waals surface area contributed by atoms with Gasteiger partial charge in [0.05, 0.1) is 0 Å². The van der Waals surface area contributed by atoms with Crippen LogP contribution in [0.5, 0.6) is 0 Å². The third kappa shape index (κ3) is 6980. The Morgan fingerprint density at radius 1 is 0.273 bits per heavy atom. The smallest absolute Gasteiger partial charge is 2.00 e. The zero-order valence-corrected chi connectivity index (χ0v) is 17.5. The molecule has 132 valence electrons. The van der Waals surface area contributed by atoms with Crippen molar-refractivity contribution in [2.75, 3.05) is 0 Å². The Morgan fingerprint density at radius 3 is 0.273 bits per heavy atom. The van der Waals surface area contributed by atoms with Gasteiger partial charge in [-0.1, -0.05) is 0 Å². The van der Waals surface area contributed by atoms with Gasteiger partial charge in [0, 0.05) is 0 Å². The number of hydrogen-bond acceptors (Lipinski definition) is 8.